The molecule has 4 rings (SSSR count). The molecule has 1 atom stereocenters. The molecule has 0 aliphatic carbocycles. The van der Waals surface area contributed by atoms with E-state index in [4.69, 9.17) is 39.8 Å². The lowest BCUT2D eigenvalue weighted by molar-refractivity contribution is -0.123. The first kappa shape index (κ1) is 20.0. The predicted octanol–water partition coefficient (Wildman–Crippen LogP) is 4.64. The standard InChI is InChI=1S/C18H13Cl2NO4S3/c19-10-1-3-14(20)13(7-10)15-4-2-12(25-15)8-16-17(22)21(18(26)27-16)11-5-6-28(23,24)9-11/h1-4,7-8,11H,5-6,9H2. The molecular formula is C18H13Cl2NO4S3. The van der Waals surface area contributed by atoms with Gasteiger partial charge in [0.2, 0.25) is 0 Å². The molecule has 1 aromatic carbocycles. The average Bonchev–Trinajstić information content (AvgIpc) is 3.29. The Morgan fingerprint density at radius 3 is 2.75 bits per heavy atom. The number of thioether (sulfide) groups is 1. The molecule has 0 spiro atoms. The molecule has 1 unspecified atom stereocenters. The van der Waals surface area contributed by atoms with Crippen LogP contribution in [0.5, 0.6) is 0 Å². The van der Waals surface area contributed by atoms with Crippen molar-refractivity contribution >= 4 is 73.3 Å². The van der Waals surface area contributed by atoms with E-state index in [0.717, 1.165) is 11.8 Å². The number of nitrogens with zero attached hydrogens (tertiary/aromatic N) is 1. The highest BCUT2D eigenvalue weighted by Gasteiger charge is 2.42. The molecule has 2 fully saturated rings. The van der Waals surface area contributed by atoms with E-state index in [1.165, 1.54) is 4.90 Å². The van der Waals surface area contributed by atoms with Crippen LogP contribution in [0.15, 0.2) is 39.7 Å². The second-order valence-corrected chi connectivity index (χ2v) is 11.2. The van der Waals surface area contributed by atoms with E-state index in [-0.39, 0.29) is 17.4 Å². The van der Waals surface area contributed by atoms with Crippen LogP contribution in [0.4, 0.5) is 0 Å². The molecule has 10 heteroatoms. The number of thiocarbonyl (C=S) groups is 1. The van der Waals surface area contributed by atoms with Gasteiger partial charge in [-0.25, -0.2) is 8.42 Å². The highest BCUT2D eigenvalue weighted by atomic mass is 35.5. The molecule has 28 heavy (non-hydrogen) atoms. The third kappa shape index (κ3) is 3.89. The molecule has 3 heterocycles. The molecule has 146 valence electrons. The van der Waals surface area contributed by atoms with E-state index in [9.17, 15) is 13.2 Å². The number of carbonyl (C=O) groups is 1. The van der Waals surface area contributed by atoms with Gasteiger partial charge in [0.25, 0.3) is 5.91 Å². The maximum absolute atomic E-state index is 12.8. The molecule has 0 bridgehead atoms. The fourth-order valence-electron chi connectivity index (χ4n) is 3.16. The van der Waals surface area contributed by atoms with Crippen LogP contribution in [-0.2, 0) is 14.6 Å². The van der Waals surface area contributed by atoms with E-state index >= 15 is 0 Å². The number of rotatable bonds is 3. The van der Waals surface area contributed by atoms with Crippen molar-refractivity contribution in [2.45, 2.75) is 12.5 Å². The third-order valence-corrected chi connectivity index (χ3v) is 8.14. The van der Waals surface area contributed by atoms with Gasteiger partial charge in [-0.1, -0.05) is 47.2 Å². The van der Waals surface area contributed by atoms with Crippen LogP contribution in [0.25, 0.3) is 17.4 Å². The zero-order valence-electron chi connectivity index (χ0n) is 14.2. The summed E-state index contributed by atoms with van der Waals surface area (Å²) in [4.78, 5) is 14.6. The number of halogens is 2. The SMILES string of the molecule is O=C1C(=Cc2ccc(-c3cc(Cl)ccc3Cl)o2)SC(=S)N1C1CCS(=O)(=O)C1. The Morgan fingerprint density at radius 1 is 1.25 bits per heavy atom. The molecule has 2 aromatic rings. The summed E-state index contributed by atoms with van der Waals surface area (Å²) in [7, 11) is -3.12. The Bertz CT molecular complexity index is 1120. The van der Waals surface area contributed by atoms with Gasteiger partial charge in [-0.15, -0.1) is 0 Å². The highest BCUT2D eigenvalue weighted by molar-refractivity contribution is 8.26. The van der Waals surface area contributed by atoms with Gasteiger partial charge in [0.1, 0.15) is 15.8 Å². The van der Waals surface area contributed by atoms with Gasteiger partial charge in [-0.05, 0) is 36.8 Å². The van der Waals surface area contributed by atoms with Crippen LogP contribution in [0.3, 0.4) is 0 Å². The number of benzene rings is 1. The van der Waals surface area contributed by atoms with Gasteiger partial charge >= 0.3 is 0 Å². The van der Waals surface area contributed by atoms with E-state index in [2.05, 4.69) is 0 Å². The molecule has 1 aromatic heterocycles. The quantitative estimate of drug-likeness (QED) is 0.477. The van der Waals surface area contributed by atoms with E-state index in [0.29, 0.717) is 42.8 Å². The first-order chi connectivity index (χ1) is 13.2. The molecule has 5 nitrogen and oxygen atoms in total. The number of carbonyl (C=O) groups excluding carboxylic acids is 1. The van der Waals surface area contributed by atoms with Crippen LogP contribution >= 0.6 is 47.2 Å². The van der Waals surface area contributed by atoms with Crippen molar-refractivity contribution in [2.24, 2.45) is 0 Å². The fourth-order valence-corrected chi connectivity index (χ4v) is 6.63. The summed E-state index contributed by atoms with van der Waals surface area (Å²) in [5, 5.41) is 1.03. The van der Waals surface area contributed by atoms with Crippen molar-refractivity contribution in [1.82, 2.24) is 4.90 Å². The van der Waals surface area contributed by atoms with Crippen LogP contribution < -0.4 is 0 Å². The Labute approximate surface area is 181 Å². The summed E-state index contributed by atoms with van der Waals surface area (Å²) in [6.07, 6.45) is 2.00. The van der Waals surface area contributed by atoms with Crippen molar-refractivity contribution in [3.63, 3.8) is 0 Å². The minimum atomic E-state index is -3.12. The lowest BCUT2D eigenvalue weighted by atomic mass is 10.2. The monoisotopic (exact) mass is 473 g/mol. The second-order valence-electron chi connectivity index (χ2n) is 6.43. The normalized spacial score (nSPS) is 23.1. The maximum atomic E-state index is 12.8. The Balaban J connectivity index is 1.59. The predicted molar refractivity (Wildman–Crippen MR) is 116 cm³/mol. The first-order valence-corrected chi connectivity index (χ1v) is 12.1. The molecule has 2 aliphatic heterocycles. The van der Waals surface area contributed by atoms with Gasteiger partial charge in [0, 0.05) is 16.7 Å². The summed E-state index contributed by atoms with van der Waals surface area (Å²) in [6, 6.07) is 8.13. The molecule has 1 amide bonds. The van der Waals surface area contributed by atoms with Gasteiger partial charge in [-0.3, -0.25) is 9.69 Å². The third-order valence-electron chi connectivity index (χ3n) is 4.49. The second kappa shape index (κ2) is 7.50. The Morgan fingerprint density at radius 2 is 2.04 bits per heavy atom. The zero-order valence-corrected chi connectivity index (χ0v) is 18.2. The zero-order chi connectivity index (χ0) is 20.1. The Hall–Kier alpha value is -1.32. The molecule has 2 aliphatic rings. The number of hydrogen-bond acceptors (Lipinski definition) is 6. The van der Waals surface area contributed by atoms with E-state index in [1.807, 2.05) is 0 Å². The van der Waals surface area contributed by atoms with E-state index in [1.54, 1.807) is 36.4 Å². The lowest BCUT2D eigenvalue weighted by Gasteiger charge is -2.20. The van der Waals surface area contributed by atoms with Gasteiger partial charge in [0.05, 0.1) is 27.5 Å². The van der Waals surface area contributed by atoms with Gasteiger partial charge in [0.15, 0.2) is 9.84 Å². The van der Waals surface area contributed by atoms with Crippen molar-refractivity contribution in [3.8, 4) is 11.3 Å². The van der Waals surface area contributed by atoms with E-state index < -0.39 is 15.9 Å². The fraction of sp³-hybridized carbons (Fsp3) is 0.222. The van der Waals surface area contributed by atoms with Crippen LogP contribution in [-0.4, -0.2) is 41.1 Å². The summed E-state index contributed by atoms with van der Waals surface area (Å²) in [5.41, 5.74) is 0.650. The van der Waals surface area contributed by atoms with Crippen LogP contribution in [0.1, 0.15) is 12.2 Å². The minimum Gasteiger partial charge on any atom is -0.457 e. The van der Waals surface area contributed by atoms with Crippen molar-refractivity contribution in [2.75, 3.05) is 11.5 Å². The van der Waals surface area contributed by atoms with Gasteiger partial charge < -0.3 is 4.42 Å². The van der Waals surface area contributed by atoms with Gasteiger partial charge in [-0.2, -0.15) is 0 Å². The average molecular weight is 474 g/mol. The number of amides is 1. The minimum absolute atomic E-state index is 0.0507. The lowest BCUT2D eigenvalue weighted by Crippen LogP contribution is -2.39. The van der Waals surface area contributed by atoms with Crippen LogP contribution in [0.2, 0.25) is 10.0 Å². The number of sulfone groups is 1. The topological polar surface area (TPSA) is 67.6 Å². The van der Waals surface area contributed by atoms with Crippen molar-refractivity contribution in [1.29, 1.82) is 0 Å². The number of furan rings is 1. The summed E-state index contributed by atoms with van der Waals surface area (Å²) in [6.45, 7) is 0. The molecule has 0 saturated carbocycles. The molecule has 0 radical (unpaired) electrons. The molecular weight excluding hydrogens is 461 g/mol. The highest BCUT2D eigenvalue weighted by Crippen LogP contribution is 2.37. The van der Waals surface area contributed by atoms with Crippen molar-refractivity contribution < 1.29 is 17.6 Å². The summed E-state index contributed by atoms with van der Waals surface area (Å²) < 4.78 is 29.6. The van der Waals surface area contributed by atoms with Crippen LogP contribution in [0, 0.1) is 0 Å². The smallest absolute Gasteiger partial charge is 0.266 e. The van der Waals surface area contributed by atoms with Crippen molar-refractivity contribution in [3.05, 3.63) is 51.0 Å². The molecule has 0 N–H and O–H groups in total. The summed E-state index contributed by atoms with van der Waals surface area (Å²) in [5.74, 6) is 0.721. The maximum Gasteiger partial charge on any atom is 0.266 e. The number of hydrogen-bond donors (Lipinski definition) is 0. The summed E-state index contributed by atoms with van der Waals surface area (Å²) >= 11 is 18.7. The first-order valence-electron chi connectivity index (χ1n) is 8.26. The Kier molecular flexibility index (Phi) is 5.35. The largest absolute Gasteiger partial charge is 0.457 e. The molecule has 2 saturated heterocycles.